The largest absolute Gasteiger partial charge is 0.465 e. The van der Waals surface area contributed by atoms with Gasteiger partial charge in [-0.2, -0.15) is 0 Å². The molecule has 0 fully saturated rings. The van der Waals surface area contributed by atoms with E-state index in [-0.39, 0.29) is 32.0 Å². The summed E-state index contributed by atoms with van der Waals surface area (Å²) in [7, 11) is 0. The van der Waals surface area contributed by atoms with Crippen LogP contribution in [0.2, 0.25) is 0 Å². The molecule has 1 heterocycles. The van der Waals surface area contributed by atoms with Gasteiger partial charge in [0.05, 0.1) is 18.8 Å². The molecular weight excluding hydrogens is 298 g/mol. The van der Waals surface area contributed by atoms with Gasteiger partial charge < -0.3 is 14.4 Å². The maximum absolute atomic E-state index is 12.5. The van der Waals surface area contributed by atoms with Gasteiger partial charge in [0.25, 0.3) is 0 Å². The minimum atomic E-state index is -1.34. The average molecular weight is 325 g/mol. The number of allylic oxidation sites excluding steroid dienone is 1. The monoisotopic (exact) mass is 325 g/mol. The van der Waals surface area contributed by atoms with Crippen LogP contribution in [-0.2, 0) is 23.9 Å². The summed E-state index contributed by atoms with van der Waals surface area (Å²) >= 11 is 0. The molecule has 0 spiro atoms. The highest BCUT2D eigenvalue weighted by atomic mass is 16.5. The predicted molar refractivity (Wildman–Crippen MR) is 85.6 cm³/mol. The van der Waals surface area contributed by atoms with Crippen LogP contribution in [0, 0.1) is 5.41 Å². The van der Waals surface area contributed by atoms with Gasteiger partial charge in [-0.05, 0) is 34.1 Å². The smallest absolute Gasteiger partial charge is 0.335 e. The van der Waals surface area contributed by atoms with E-state index in [0.717, 1.165) is 12.1 Å². The molecule has 0 saturated heterocycles. The van der Waals surface area contributed by atoms with Gasteiger partial charge in [0.15, 0.2) is 0 Å². The topological polar surface area (TPSA) is 72.9 Å². The van der Waals surface area contributed by atoms with Crippen molar-refractivity contribution < 1.29 is 23.9 Å². The zero-order valence-corrected chi connectivity index (χ0v) is 14.7. The van der Waals surface area contributed by atoms with Gasteiger partial charge in [0.2, 0.25) is 0 Å². The van der Waals surface area contributed by atoms with Crippen LogP contribution in [0.3, 0.4) is 0 Å². The molecule has 130 valence electrons. The Morgan fingerprint density at radius 1 is 1.13 bits per heavy atom. The first-order valence-electron chi connectivity index (χ1n) is 8.14. The first-order valence-corrected chi connectivity index (χ1v) is 8.14. The summed E-state index contributed by atoms with van der Waals surface area (Å²) in [6.07, 6.45) is 0.871. The van der Waals surface area contributed by atoms with Gasteiger partial charge in [-0.15, -0.1) is 0 Å². The van der Waals surface area contributed by atoms with Crippen LogP contribution in [0.1, 0.15) is 47.5 Å². The van der Waals surface area contributed by atoms with Crippen molar-refractivity contribution in [3.8, 4) is 0 Å². The highest BCUT2D eigenvalue weighted by Gasteiger charge is 2.50. The maximum Gasteiger partial charge on any atom is 0.335 e. The Morgan fingerprint density at radius 3 is 2.22 bits per heavy atom. The van der Waals surface area contributed by atoms with E-state index in [9.17, 15) is 14.4 Å². The van der Waals surface area contributed by atoms with Crippen LogP contribution in [0.25, 0.3) is 0 Å². The number of rotatable bonds is 7. The quantitative estimate of drug-likeness (QED) is 0.527. The molecule has 0 bridgehead atoms. The van der Waals surface area contributed by atoms with Crippen LogP contribution in [0.5, 0.6) is 0 Å². The van der Waals surface area contributed by atoms with E-state index in [2.05, 4.69) is 0 Å². The number of hydrogen-bond acceptors (Lipinski definition) is 6. The van der Waals surface area contributed by atoms with Crippen molar-refractivity contribution in [1.29, 1.82) is 0 Å². The molecule has 0 radical (unpaired) electrons. The minimum Gasteiger partial charge on any atom is -0.465 e. The Morgan fingerprint density at radius 2 is 1.74 bits per heavy atom. The molecule has 0 N–H and O–H groups in total. The third-order valence-electron chi connectivity index (χ3n) is 4.21. The molecule has 23 heavy (non-hydrogen) atoms. The molecular formula is C17H27NO5. The van der Waals surface area contributed by atoms with Crippen molar-refractivity contribution in [1.82, 2.24) is 4.90 Å². The van der Waals surface area contributed by atoms with Gasteiger partial charge in [-0.1, -0.05) is 6.92 Å². The molecule has 1 unspecified atom stereocenters. The van der Waals surface area contributed by atoms with E-state index >= 15 is 0 Å². The van der Waals surface area contributed by atoms with Crippen LogP contribution >= 0.6 is 0 Å². The van der Waals surface area contributed by atoms with Gasteiger partial charge in [-0.3, -0.25) is 9.59 Å². The third kappa shape index (κ3) is 3.92. The Balaban J connectivity index is 3.33. The Bertz CT molecular complexity index is 511. The second-order valence-electron chi connectivity index (χ2n) is 5.74. The molecule has 6 nitrogen and oxygen atoms in total. The molecule has 0 amide bonds. The molecule has 0 saturated carbocycles. The fourth-order valence-corrected chi connectivity index (χ4v) is 2.86. The molecule has 1 aliphatic rings. The van der Waals surface area contributed by atoms with E-state index in [4.69, 9.17) is 9.47 Å². The maximum atomic E-state index is 12.5. The summed E-state index contributed by atoms with van der Waals surface area (Å²) in [6, 6.07) is 0. The predicted octanol–water partition coefficient (Wildman–Crippen LogP) is 2.08. The van der Waals surface area contributed by atoms with Crippen LogP contribution < -0.4 is 0 Å². The summed E-state index contributed by atoms with van der Waals surface area (Å²) in [6.45, 7) is 9.98. The number of hydrogen-bond donors (Lipinski definition) is 0. The van der Waals surface area contributed by atoms with Crippen molar-refractivity contribution in [3.63, 3.8) is 0 Å². The number of carbonyl (C=O) groups excluding carboxylic acids is 3. The average Bonchev–Trinajstić information content (AvgIpc) is 2.49. The summed E-state index contributed by atoms with van der Waals surface area (Å²) in [5.41, 5.74) is -0.187. The van der Waals surface area contributed by atoms with E-state index in [0.29, 0.717) is 12.1 Å². The lowest BCUT2D eigenvalue weighted by atomic mass is 9.74. The van der Waals surface area contributed by atoms with E-state index in [1.165, 1.54) is 6.92 Å². The zero-order valence-electron chi connectivity index (χ0n) is 14.7. The first kappa shape index (κ1) is 19.2. The molecule has 0 aromatic carbocycles. The SMILES string of the molecule is CCCN1CC(C(C)=O)(C(=O)OCC)CC(C(=O)OCC)=C1C. The molecule has 1 aliphatic heterocycles. The number of ketones is 1. The van der Waals surface area contributed by atoms with E-state index in [1.54, 1.807) is 13.8 Å². The fourth-order valence-electron chi connectivity index (χ4n) is 2.86. The van der Waals surface area contributed by atoms with E-state index in [1.807, 2.05) is 18.7 Å². The summed E-state index contributed by atoms with van der Waals surface area (Å²) < 4.78 is 10.2. The lowest BCUT2D eigenvalue weighted by Crippen LogP contribution is -2.52. The number of carbonyl (C=O) groups is 3. The van der Waals surface area contributed by atoms with Gasteiger partial charge in [0.1, 0.15) is 11.2 Å². The molecule has 0 aliphatic carbocycles. The summed E-state index contributed by atoms with van der Waals surface area (Å²) in [5.74, 6) is -1.32. The third-order valence-corrected chi connectivity index (χ3v) is 4.21. The normalized spacial score (nSPS) is 21.2. The molecule has 0 aromatic heterocycles. The van der Waals surface area contributed by atoms with Crippen molar-refractivity contribution >= 4 is 17.7 Å². The highest BCUT2D eigenvalue weighted by molar-refractivity contribution is 6.05. The molecule has 1 rings (SSSR count). The standard InChI is InChI=1S/C17H27NO5/c1-6-9-18-11-17(13(5)19,16(21)23-8-3)10-14(12(18)4)15(20)22-7-2/h6-11H2,1-5H3. The number of ether oxygens (including phenoxy) is 2. The molecule has 0 aromatic rings. The fraction of sp³-hybridized carbons (Fsp3) is 0.706. The van der Waals surface area contributed by atoms with Crippen molar-refractivity contribution in [3.05, 3.63) is 11.3 Å². The van der Waals surface area contributed by atoms with Crippen molar-refractivity contribution in [2.75, 3.05) is 26.3 Å². The van der Waals surface area contributed by atoms with Gasteiger partial charge in [-0.25, -0.2) is 4.79 Å². The lowest BCUT2D eigenvalue weighted by molar-refractivity contribution is -0.161. The summed E-state index contributed by atoms with van der Waals surface area (Å²) in [5, 5.41) is 0. The second kappa shape index (κ2) is 8.13. The van der Waals surface area contributed by atoms with Crippen LogP contribution in [0.15, 0.2) is 11.3 Å². The van der Waals surface area contributed by atoms with Crippen LogP contribution in [0.4, 0.5) is 0 Å². The number of Topliss-reactive ketones (excluding diaryl/α,β-unsaturated/α-hetero) is 1. The van der Waals surface area contributed by atoms with E-state index < -0.39 is 17.4 Å². The highest BCUT2D eigenvalue weighted by Crippen LogP contribution is 2.38. The zero-order chi connectivity index (χ0) is 17.6. The number of nitrogens with zero attached hydrogens (tertiary/aromatic N) is 1. The Kier molecular flexibility index (Phi) is 6.79. The second-order valence-corrected chi connectivity index (χ2v) is 5.74. The van der Waals surface area contributed by atoms with Crippen molar-refractivity contribution in [2.24, 2.45) is 5.41 Å². The summed E-state index contributed by atoms with van der Waals surface area (Å²) in [4.78, 5) is 39.0. The van der Waals surface area contributed by atoms with Gasteiger partial charge in [0, 0.05) is 25.2 Å². The first-order chi connectivity index (χ1) is 10.8. The van der Waals surface area contributed by atoms with Crippen LogP contribution in [-0.4, -0.2) is 48.9 Å². The number of esters is 2. The Hall–Kier alpha value is -1.85. The van der Waals surface area contributed by atoms with Gasteiger partial charge >= 0.3 is 11.9 Å². The molecule has 6 heteroatoms. The molecule has 1 atom stereocenters. The minimum absolute atomic E-state index is 0.0338. The van der Waals surface area contributed by atoms with Crippen molar-refractivity contribution in [2.45, 2.75) is 47.5 Å². The Labute approximate surface area is 137 Å². The lowest BCUT2D eigenvalue weighted by Gasteiger charge is -2.41.